The Morgan fingerprint density at radius 2 is 2.27 bits per heavy atom. The lowest BCUT2D eigenvalue weighted by Crippen LogP contribution is -1.94. The summed E-state index contributed by atoms with van der Waals surface area (Å²) >= 11 is 0. The minimum Gasteiger partial charge on any atom is -0.298 e. The van der Waals surface area contributed by atoms with Gasteiger partial charge < -0.3 is 0 Å². The molecule has 0 amide bonds. The Morgan fingerprint density at radius 1 is 1.53 bits per heavy atom. The summed E-state index contributed by atoms with van der Waals surface area (Å²) in [6, 6.07) is 4.58. The lowest BCUT2D eigenvalue weighted by molar-refractivity contribution is 0.112. The topological polar surface area (TPSA) is 17.1 Å². The maximum atomic E-state index is 13.4. The smallest absolute Gasteiger partial charge is 0.150 e. The summed E-state index contributed by atoms with van der Waals surface area (Å²) in [5.41, 5.74) is 2.15. The Morgan fingerprint density at radius 3 is 2.80 bits per heavy atom. The third kappa shape index (κ3) is 3.31. The van der Waals surface area contributed by atoms with E-state index in [-0.39, 0.29) is 5.82 Å². The first-order chi connectivity index (χ1) is 7.17. The molecule has 0 saturated heterocycles. The van der Waals surface area contributed by atoms with E-state index in [0.29, 0.717) is 23.8 Å². The average Bonchev–Trinajstić information content (AvgIpc) is 2.26. The molecule has 0 unspecified atom stereocenters. The summed E-state index contributed by atoms with van der Waals surface area (Å²) in [6.45, 7) is 5.91. The van der Waals surface area contributed by atoms with Crippen LogP contribution < -0.4 is 0 Å². The van der Waals surface area contributed by atoms with Gasteiger partial charge in [0, 0.05) is 5.56 Å². The third-order valence-electron chi connectivity index (χ3n) is 2.46. The van der Waals surface area contributed by atoms with Crippen LogP contribution in [0.2, 0.25) is 0 Å². The van der Waals surface area contributed by atoms with Gasteiger partial charge in [0.15, 0.2) is 0 Å². The second kappa shape index (κ2) is 5.44. The summed E-state index contributed by atoms with van der Waals surface area (Å²) in [7, 11) is 0. The van der Waals surface area contributed by atoms with Crippen molar-refractivity contribution in [3.05, 3.63) is 47.3 Å². The van der Waals surface area contributed by atoms with E-state index in [1.807, 2.05) is 6.92 Å². The first-order valence-electron chi connectivity index (χ1n) is 5.07. The maximum absolute atomic E-state index is 13.4. The van der Waals surface area contributed by atoms with E-state index in [1.165, 1.54) is 6.07 Å². The van der Waals surface area contributed by atoms with E-state index < -0.39 is 0 Å². The van der Waals surface area contributed by atoms with Gasteiger partial charge in [-0.15, -0.1) is 0 Å². The van der Waals surface area contributed by atoms with Crippen LogP contribution in [0, 0.1) is 5.82 Å². The Labute approximate surface area is 89.6 Å². The van der Waals surface area contributed by atoms with Crippen LogP contribution in [0.25, 0.3) is 0 Å². The molecule has 0 aromatic heterocycles. The van der Waals surface area contributed by atoms with Crippen molar-refractivity contribution in [2.45, 2.75) is 26.2 Å². The monoisotopic (exact) mass is 206 g/mol. The van der Waals surface area contributed by atoms with Crippen LogP contribution >= 0.6 is 0 Å². The fraction of sp³-hybridized carbons (Fsp3) is 0.308. The standard InChI is InChI=1S/C13H15FO/c1-3-10(2)4-6-12-7-5-11(9-15)8-13(12)14/h5,7-9H,2-4,6H2,1H3. The van der Waals surface area contributed by atoms with Crippen molar-refractivity contribution in [2.75, 3.05) is 0 Å². The molecule has 0 spiro atoms. The van der Waals surface area contributed by atoms with E-state index in [4.69, 9.17) is 0 Å². The number of hydrogen-bond acceptors (Lipinski definition) is 1. The summed E-state index contributed by atoms with van der Waals surface area (Å²) < 4.78 is 13.4. The first kappa shape index (κ1) is 11.6. The van der Waals surface area contributed by atoms with E-state index >= 15 is 0 Å². The minimum atomic E-state index is -0.302. The molecular weight excluding hydrogens is 191 g/mol. The molecule has 0 bridgehead atoms. The zero-order valence-corrected chi connectivity index (χ0v) is 8.92. The highest BCUT2D eigenvalue weighted by Gasteiger charge is 2.03. The molecule has 0 atom stereocenters. The molecule has 1 nitrogen and oxygen atoms in total. The van der Waals surface area contributed by atoms with E-state index in [0.717, 1.165) is 18.4 Å². The van der Waals surface area contributed by atoms with Gasteiger partial charge in [0.1, 0.15) is 12.1 Å². The van der Waals surface area contributed by atoms with Crippen molar-refractivity contribution in [3.8, 4) is 0 Å². The minimum absolute atomic E-state index is 0.302. The fourth-order valence-corrected chi connectivity index (χ4v) is 1.33. The lowest BCUT2D eigenvalue weighted by atomic mass is 10.0. The van der Waals surface area contributed by atoms with Crippen molar-refractivity contribution in [3.63, 3.8) is 0 Å². The Hall–Kier alpha value is -1.44. The fourth-order valence-electron chi connectivity index (χ4n) is 1.33. The number of benzene rings is 1. The van der Waals surface area contributed by atoms with Gasteiger partial charge in [-0.2, -0.15) is 0 Å². The molecule has 0 saturated carbocycles. The maximum Gasteiger partial charge on any atom is 0.150 e. The quantitative estimate of drug-likeness (QED) is 0.532. The zero-order chi connectivity index (χ0) is 11.3. The predicted octanol–water partition coefficient (Wildman–Crippen LogP) is 3.54. The molecule has 0 aliphatic rings. The number of carbonyl (C=O) groups is 1. The van der Waals surface area contributed by atoms with Crippen molar-refractivity contribution in [1.82, 2.24) is 0 Å². The number of rotatable bonds is 5. The van der Waals surface area contributed by atoms with E-state index in [9.17, 15) is 9.18 Å². The molecule has 0 fully saturated rings. The van der Waals surface area contributed by atoms with Gasteiger partial charge in [-0.25, -0.2) is 4.39 Å². The Kier molecular flexibility index (Phi) is 4.22. The van der Waals surface area contributed by atoms with Gasteiger partial charge in [-0.1, -0.05) is 31.2 Å². The zero-order valence-electron chi connectivity index (χ0n) is 8.92. The molecule has 0 aliphatic heterocycles. The molecule has 0 N–H and O–H groups in total. The first-order valence-corrected chi connectivity index (χ1v) is 5.07. The Bertz CT molecular complexity index is 369. The second-order valence-corrected chi connectivity index (χ2v) is 3.57. The van der Waals surface area contributed by atoms with Crippen molar-refractivity contribution in [1.29, 1.82) is 0 Å². The van der Waals surface area contributed by atoms with Crippen LogP contribution in [0.4, 0.5) is 4.39 Å². The van der Waals surface area contributed by atoms with Crippen molar-refractivity contribution >= 4 is 6.29 Å². The summed E-state index contributed by atoms with van der Waals surface area (Å²) in [5, 5.41) is 0. The highest BCUT2D eigenvalue weighted by atomic mass is 19.1. The summed E-state index contributed by atoms with van der Waals surface area (Å²) in [4.78, 5) is 10.4. The SMILES string of the molecule is C=C(CC)CCc1ccc(C=O)cc1F. The van der Waals surface area contributed by atoms with Crippen molar-refractivity contribution < 1.29 is 9.18 Å². The van der Waals surface area contributed by atoms with E-state index in [2.05, 4.69) is 6.58 Å². The molecule has 1 aromatic carbocycles. The molecular formula is C13H15FO. The number of halogens is 1. The van der Waals surface area contributed by atoms with Gasteiger partial charge in [0.2, 0.25) is 0 Å². The highest BCUT2D eigenvalue weighted by Crippen LogP contribution is 2.14. The van der Waals surface area contributed by atoms with Crippen molar-refractivity contribution in [2.24, 2.45) is 0 Å². The number of aldehydes is 1. The number of carbonyl (C=O) groups excluding carboxylic acids is 1. The number of hydrogen-bond donors (Lipinski definition) is 0. The van der Waals surface area contributed by atoms with Gasteiger partial charge in [-0.05, 0) is 30.9 Å². The molecule has 1 aromatic rings. The van der Waals surface area contributed by atoms with E-state index in [1.54, 1.807) is 12.1 Å². The highest BCUT2D eigenvalue weighted by molar-refractivity contribution is 5.74. The van der Waals surface area contributed by atoms with Gasteiger partial charge in [0.05, 0.1) is 0 Å². The Balaban J connectivity index is 2.70. The number of aryl methyl sites for hydroxylation is 1. The van der Waals surface area contributed by atoms with Gasteiger partial charge in [-0.3, -0.25) is 4.79 Å². The molecule has 0 aliphatic carbocycles. The predicted molar refractivity (Wildman–Crippen MR) is 59.5 cm³/mol. The second-order valence-electron chi connectivity index (χ2n) is 3.57. The summed E-state index contributed by atoms with van der Waals surface area (Å²) in [6.07, 6.45) is 3.03. The molecule has 2 heteroatoms. The average molecular weight is 206 g/mol. The lowest BCUT2D eigenvalue weighted by Gasteiger charge is -2.04. The van der Waals surface area contributed by atoms with Crippen LogP contribution in [-0.4, -0.2) is 6.29 Å². The van der Waals surface area contributed by atoms with Crippen LogP contribution in [-0.2, 0) is 6.42 Å². The van der Waals surface area contributed by atoms with Crippen LogP contribution in [0.5, 0.6) is 0 Å². The molecule has 1 rings (SSSR count). The number of allylic oxidation sites excluding steroid dienone is 1. The van der Waals surface area contributed by atoms with Gasteiger partial charge in [0.25, 0.3) is 0 Å². The molecule has 80 valence electrons. The van der Waals surface area contributed by atoms with Crippen LogP contribution in [0.15, 0.2) is 30.4 Å². The molecule has 0 radical (unpaired) electrons. The molecule has 0 heterocycles. The third-order valence-corrected chi connectivity index (χ3v) is 2.46. The largest absolute Gasteiger partial charge is 0.298 e. The normalized spacial score (nSPS) is 10.0. The van der Waals surface area contributed by atoms with Gasteiger partial charge >= 0.3 is 0 Å². The van der Waals surface area contributed by atoms with Crippen LogP contribution in [0.1, 0.15) is 35.7 Å². The summed E-state index contributed by atoms with van der Waals surface area (Å²) in [5.74, 6) is -0.302. The molecule has 15 heavy (non-hydrogen) atoms. The van der Waals surface area contributed by atoms with Crippen LogP contribution in [0.3, 0.4) is 0 Å².